The van der Waals surface area contributed by atoms with Gasteiger partial charge in [-0.05, 0) is 38.5 Å². The molecule has 2 aromatic rings. The number of aromatic nitrogens is 2. The Hall–Kier alpha value is -1.45. The second-order valence-corrected chi connectivity index (χ2v) is 6.35. The van der Waals surface area contributed by atoms with E-state index in [4.69, 9.17) is 11.6 Å². The first kappa shape index (κ1) is 14.9. The molecule has 0 aliphatic heterocycles. The SMILES string of the molecule is CC(C)(C)NCc1cnc(Cc2ccc(Cl)cc2)nc1. The van der Waals surface area contributed by atoms with Crippen LogP contribution in [-0.4, -0.2) is 15.5 Å². The average Bonchev–Trinajstić information content (AvgIpc) is 2.40. The van der Waals surface area contributed by atoms with Gasteiger partial charge in [-0.15, -0.1) is 0 Å². The maximum absolute atomic E-state index is 5.87. The van der Waals surface area contributed by atoms with Crippen LogP contribution in [-0.2, 0) is 13.0 Å². The average molecular weight is 290 g/mol. The van der Waals surface area contributed by atoms with Crippen molar-refractivity contribution in [2.75, 3.05) is 0 Å². The van der Waals surface area contributed by atoms with Crippen LogP contribution in [0.3, 0.4) is 0 Å². The lowest BCUT2D eigenvalue weighted by molar-refractivity contribution is 0.423. The second kappa shape index (κ2) is 6.33. The van der Waals surface area contributed by atoms with E-state index in [-0.39, 0.29) is 5.54 Å². The summed E-state index contributed by atoms with van der Waals surface area (Å²) >= 11 is 5.87. The van der Waals surface area contributed by atoms with Crippen LogP contribution in [0.25, 0.3) is 0 Å². The predicted octanol–water partition coefficient (Wildman–Crippen LogP) is 3.61. The van der Waals surface area contributed by atoms with Gasteiger partial charge in [-0.25, -0.2) is 9.97 Å². The predicted molar refractivity (Wildman–Crippen MR) is 82.9 cm³/mol. The molecule has 3 nitrogen and oxygen atoms in total. The fraction of sp³-hybridized carbons (Fsp3) is 0.375. The van der Waals surface area contributed by atoms with Crippen molar-refractivity contribution in [2.45, 2.75) is 39.3 Å². The topological polar surface area (TPSA) is 37.8 Å². The van der Waals surface area contributed by atoms with Gasteiger partial charge >= 0.3 is 0 Å². The molecule has 0 radical (unpaired) electrons. The lowest BCUT2D eigenvalue weighted by Crippen LogP contribution is -2.35. The van der Waals surface area contributed by atoms with E-state index in [1.807, 2.05) is 36.7 Å². The van der Waals surface area contributed by atoms with Crippen LogP contribution in [0.4, 0.5) is 0 Å². The van der Waals surface area contributed by atoms with Gasteiger partial charge in [0.05, 0.1) is 0 Å². The first-order valence-electron chi connectivity index (χ1n) is 6.72. The highest BCUT2D eigenvalue weighted by atomic mass is 35.5. The number of nitrogens with one attached hydrogen (secondary N) is 1. The Morgan fingerprint density at radius 3 is 2.15 bits per heavy atom. The van der Waals surface area contributed by atoms with Crippen LogP contribution in [0.5, 0.6) is 0 Å². The Labute approximate surface area is 125 Å². The molecular formula is C16H20ClN3. The summed E-state index contributed by atoms with van der Waals surface area (Å²) < 4.78 is 0. The Balaban J connectivity index is 1.96. The van der Waals surface area contributed by atoms with Gasteiger partial charge in [-0.1, -0.05) is 23.7 Å². The highest BCUT2D eigenvalue weighted by Gasteiger charge is 2.08. The fourth-order valence-electron chi connectivity index (χ4n) is 1.72. The minimum absolute atomic E-state index is 0.0992. The summed E-state index contributed by atoms with van der Waals surface area (Å²) in [6.07, 6.45) is 4.50. The minimum Gasteiger partial charge on any atom is -0.308 e. The van der Waals surface area contributed by atoms with E-state index in [9.17, 15) is 0 Å². The lowest BCUT2D eigenvalue weighted by Gasteiger charge is -2.20. The summed E-state index contributed by atoms with van der Waals surface area (Å²) in [6, 6.07) is 7.78. The molecule has 20 heavy (non-hydrogen) atoms. The Bertz CT molecular complexity index is 541. The van der Waals surface area contributed by atoms with Crippen molar-refractivity contribution in [2.24, 2.45) is 0 Å². The maximum Gasteiger partial charge on any atom is 0.132 e. The van der Waals surface area contributed by atoms with Gasteiger partial charge < -0.3 is 5.32 Å². The second-order valence-electron chi connectivity index (χ2n) is 5.91. The van der Waals surface area contributed by atoms with Crippen LogP contribution < -0.4 is 5.32 Å². The van der Waals surface area contributed by atoms with Crippen molar-refractivity contribution >= 4 is 11.6 Å². The van der Waals surface area contributed by atoms with E-state index in [0.717, 1.165) is 34.9 Å². The first-order valence-corrected chi connectivity index (χ1v) is 7.09. The maximum atomic E-state index is 5.87. The number of benzene rings is 1. The van der Waals surface area contributed by atoms with E-state index in [2.05, 4.69) is 36.1 Å². The quantitative estimate of drug-likeness (QED) is 0.934. The van der Waals surface area contributed by atoms with Gasteiger partial charge in [0, 0.05) is 41.5 Å². The molecule has 2 rings (SSSR count). The zero-order valence-electron chi connectivity index (χ0n) is 12.2. The Morgan fingerprint density at radius 2 is 1.60 bits per heavy atom. The number of hydrogen-bond acceptors (Lipinski definition) is 3. The van der Waals surface area contributed by atoms with Gasteiger partial charge in [0.1, 0.15) is 5.82 Å². The normalized spacial score (nSPS) is 11.6. The summed E-state index contributed by atoms with van der Waals surface area (Å²) in [5.41, 5.74) is 2.36. The van der Waals surface area contributed by atoms with Gasteiger partial charge in [-0.3, -0.25) is 0 Å². The van der Waals surface area contributed by atoms with E-state index in [0.29, 0.717) is 0 Å². The molecule has 1 heterocycles. The molecule has 1 N–H and O–H groups in total. The van der Waals surface area contributed by atoms with Gasteiger partial charge in [0.2, 0.25) is 0 Å². The standard InChI is InChI=1S/C16H20ClN3/c1-16(2,3)20-11-13-9-18-15(19-10-13)8-12-4-6-14(17)7-5-12/h4-7,9-10,20H,8,11H2,1-3H3. The smallest absolute Gasteiger partial charge is 0.132 e. The minimum atomic E-state index is 0.0992. The van der Waals surface area contributed by atoms with Crippen molar-refractivity contribution in [3.05, 3.63) is 58.6 Å². The van der Waals surface area contributed by atoms with Gasteiger partial charge in [0.25, 0.3) is 0 Å². The molecule has 0 saturated carbocycles. The summed E-state index contributed by atoms with van der Waals surface area (Å²) in [7, 11) is 0. The monoisotopic (exact) mass is 289 g/mol. The molecule has 0 bridgehead atoms. The lowest BCUT2D eigenvalue weighted by atomic mass is 10.1. The molecule has 0 unspecified atom stereocenters. The highest BCUT2D eigenvalue weighted by molar-refractivity contribution is 6.30. The van der Waals surface area contributed by atoms with Crippen molar-refractivity contribution in [3.63, 3.8) is 0 Å². The van der Waals surface area contributed by atoms with Crippen LogP contribution in [0, 0.1) is 0 Å². The number of halogens is 1. The summed E-state index contributed by atoms with van der Waals surface area (Å²) in [6.45, 7) is 7.21. The molecule has 0 aliphatic carbocycles. The largest absolute Gasteiger partial charge is 0.308 e. The zero-order chi connectivity index (χ0) is 14.6. The first-order chi connectivity index (χ1) is 9.42. The molecule has 0 atom stereocenters. The molecular weight excluding hydrogens is 270 g/mol. The molecule has 0 spiro atoms. The Morgan fingerprint density at radius 1 is 1.00 bits per heavy atom. The van der Waals surface area contributed by atoms with Crippen LogP contribution in [0.15, 0.2) is 36.7 Å². The number of rotatable bonds is 4. The van der Waals surface area contributed by atoms with Crippen LogP contribution in [0.1, 0.15) is 37.7 Å². The van der Waals surface area contributed by atoms with E-state index in [1.165, 1.54) is 0 Å². The fourth-order valence-corrected chi connectivity index (χ4v) is 1.84. The van der Waals surface area contributed by atoms with E-state index in [1.54, 1.807) is 0 Å². The van der Waals surface area contributed by atoms with Crippen molar-refractivity contribution < 1.29 is 0 Å². The van der Waals surface area contributed by atoms with Gasteiger partial charge in [-0.2, -0.15) is 0 Å². The van der Waals surface area contributed by atoms with Crippen molar-refractivity contribution in [3.8, 4) is 0 Å². The van der Waals surface area contributed by atoms with Gasteiger partial charge in [0.15, 0.2) is 0 Å². The van der Waals surface area contributed by atoms with Crippen molar-refractivity contribution in [1.29, 1.82) is 0 Å². The summed E-state index contributed by atoms with van der Waals surface area (Å²) in [4.78, 5) is 8.83. The third-order valence-electron chi connectivity index (χ3n) is 2.86. The zero-order valence-corrected chi connectivity index (χ0v) is 12.9. The van der Waals surface area contributed by atoms with Crippen LogP contribution >= 0.6 is 11.6 Å². The molecule has 0 fully saturated rings. The molecule has 1 aromatic heterocycles. The number of hydrogen-bond donors (Lipinski definition) is 1. The summed E-state index contributed by atoms with van der Waals surface area (Å²) in [5, 5.41) is 4.17. The molecule has 106 valence electrons. The molecule has 0 saturated heterocycles. The van der Waals surface area contributed by atoms with Crippen molar-refractivity contribution in [1.82, 2.24) is 15.3 Å². The van der Waals surface area contributed by atoms with E-state index >= 15 is 0 Å². The Kier molecular flexibility index (Phi) is 4.73. The molecule has 0 amide bonds. The summed E-state index contributed by atoms with van der Waals surface area (Å²) in [5.74, 6) is 0.826. The molecule has 1 aromatic carbocycles. The molecule has 4 heteroatoms. The third-order valence-corrected chi connectivity index (χ3v) is 3.11. The van der Waals surface area contributed by atoms with Crippen LogP contribution in [0.2, 0.25) is 5.02 Å². The number of nitrogens with zero attached hydrogens (tertiary/aromatic N) is 2. The third kappa shape index (κ3) is 4.91. The van der Waals surface area contributed by atoms with E-state index < -0.39 is 0 Å². The molecule has 0 aliphatic rings. The highest BCUT2D eigenvalue weighted by Crippen LogP contribution is 2.12.